The predicted octanol–water partition coefficient (Wildman–Crippen LogP) is 0.430. The van der Waals surface area contributed by atoms with Crippen LogP contribution in [0.5, 0.6) is 0 Å². The minimum atomic E-state index is -3.96. The van der Waals surface area contributed by atoms with Crippen LogP contribution in [0.15, 0.2) is 29.2 Å². The normalized spacial score (nSPS) is 13.7. The number of nitrogens with one attached hydrogen (secondary N) is 1. The Labute approximate surface area is 130 Å². The lowest BCUT2D eigenvalue weighted by atomic mass is 9.82. The van der Waals surface area contributed by atoms with E-state index in [1.165, 1.54) is 12.1 Å². The summed E-state index contributed by atoms with van der Waals surface area (Å²) in [7, 11) is -3.96. The molecule has 0 amide bonds. The first-order valence-corrected chi connectivity index (χ1v) is 8.30. The SMILES string of the molecule is CCC(C)(C)c1ccc(S(=O)(=O)NC(CO)C(=O)ON)cc1. The molecule has 1 atom stereocenters. The van der Waals surface area contributed by atoms with Crippen molar-refractivity contribution in [2.24, 2.45) is 5.90 Å². The highest BCUT2D eigenvalue weighted by molar-refractivity contribution is 7.89. The molecule has 22 heavy (non-hydrogen) atoms. The molecular weight excluding hydrogens is 308 g/mol. The number of carbonyl (C=O) groups is 1. The lowest BCUT2D eigenvalue weighted by Crippen LogP contribution is -2.45. The molecule has 0 bridgehead atoms. The quantitative estimate of drug-likeness (QED) is 0.624. The maximum atomic E-state index is 12.2. The average Bonchev–Trinajstić information content (AvgIpc) is 2.52. The summed E-state index contributed by atoms with van der Waals surface area (Å²) in [4.78, 5) is 15.2. The van der Waals surface area contributed by atoms with Gasteiger partial charge in [0.25, 0.3) is 0 Å². The molecule has 0 aliphatic carbocycles. The van der Waals surface area contributed by atoms with Crippen LogP contribution < -0.4 is 10.6 Å². The van der Waals surface area contributed by atoms with Crippen molar-refractivity contribution < 1.29 is 23.2 Å². The average molecular weight is 330 g/mol. The van der Waals surface area contributed by atoms with E-state index in [9.17, 15) is 13.2 Å². The Morgan fingerprint density at radius 3 is 2.32 bits per heavy atom. The van der Waals surface area contributed by atoms with E-state index in [1.807, 2.05) is 4.72 Å². The first kappa shape index (κ1) is 18.6. The monoisotopic (exact) mass is 330 g/mol. The summed E-state index contributed by atoms with van der Waals surface area (Å²) < 4.78 is 26.4. The standard InChI is InChI=1S/C14H22N2O5S/c1-4-14(2,3)10-5-7-11(8-6-10)22(19,20)16-12(9-17)13(18)21-15/h5-8,12,16-17H,4,9,15H2,1-3H3. The molecule has 4 N–H and O–H groups in total. The van der Waals surface area contributed by atoms with Crippen LogP contribution in [0.4, 0.5) is 0 Å². The van der Waals surface area contributed by atoms with E-state index in [2.05, 4.69) is 25.6 Å². The molecule has 0 saturated carbocycles. The first-order chi connectivity index (χ1) is 10.2. The molecule has 7 nitrogen and oxygen atoms in total. The van der Waals surface area contributed by atoms with Gasteiger partial charge in [0, 0.05) is 0 Å². The molecule has 0 heterocycles. The molecule has 1 aromatic rings. The fourth-order valence-corrected chi connectivity index (χ4v) is 2.96. The third kappa shape index (κ3) is 4.26. The van der Waals surface area contributed by atoms with E-state index in [1.54, 1.807) is 12.1 Å². The molecule has 124 valence electrons. The number of hydrogen-bond acceptors (Lipinski definition) is 6. The topological polar surface area (TPSA) is 119 Å². The number of sulfonamides is 1. The van der Waals surface area contributed by atoms with E-state index in [0.717, 1.165) is 12.0 Å². The second kappa shape index (κ2) is 7.19. The minimum absolute atomic E-state index is 0.00794. The van der Waals surface area contributed by atoms with Crippen LogP contribution in [-0.4, -0.2) is 32.1 Å². The van der Waals surface area contributed by atoms with Crippen LogP contribution in [0, 0.1) is 0 Å². The van der Waals surface area contributed by atoms with Gasteiger partial charge in [-0.05, 0) is 29.5 Å². The third-order valence-corrected chi connectivity index (χ3v) is 5.20. The Morgan fingerprint density at radius 1 is 1.36 bits per heavy atom. The van der Waals surface area contributed by atoms with Crippen LogP contribution in [0.2, 0.25) is 0 Å². The number of hydrogen-bond donors (Lipinski definition) is 3. The number of nitrogens with two attached hydrogens (primary N) is 1. The summed E-state index contributed by atoms with van der Waals surface area (Å²) in [6.45, 7) is 5.42. The van der Waals surface area contributed by atoms with Crippen molar-refractivity contribution in [3.8, 4) is 0 Å². The van der Waals surface area contributed by atoms with Gasteiger partial charge in [0.2, 0.25) is 10.0 Å². The van der Waals surface area contributed by atoms with Crippen molar-refractivity contribution in [3.63, 3.8) is 0 Å². The number of rotatable bonds is 7. The third-order valence-electron chi connectivity index (χ3n) is 3.71. The van der Waals surface area contributed by atoms with Crippen LogP contribution in [0.3, 0.4) is 0 Å². The fourth-order valence-electron chi connectivity index (χ4n) is 1.79. The Morgan fingerprint density at radius 2 is 1.91 bits per heavy atom. The minimum Gasteiger partial charge on any atom is -0.394 e. The maximum Gasteiger partial charge on any atom is 0.345 e. The highest BCUT2D eigenvalue weighted by Gasteiger charge is 2.26. The first-order valence-electron chi connectivity index (χ1n) is 6.82. The predicted molar refractivity (Wildman–Crippen MR) is 81.2 cm³/mol. The van der Waals surface area contributed by atoms with Crippen molar-refractivity contribution in [2.45, 2.75) is 43.5 Å². The van der Waals surface area contributed by atoms with Gasteiger partial charge >= 0.3 is 5.97 Å². The second-order valence-corrected chi connectivity index (χ2v) is 7.27. The smallest absolute Gasteiger partial charge is 0.345 e. The van der Waals surface area contributed by atoms with E-state index < -0.39 is 28.6 Å². The highest BCUT2D eigenvalue weighted by atomic mass is 32.2. The van der Waals surface area contributed by atoms with Crippen molar-refractivity contribution in [1.82, 2.24) is 4.72 Å². The number of aliphatic hydroxyl groups is 1. The van der Waals surface area contributed by atoms with Gasteiger partial charge in [0.05, 0.1) is 11.5 Å². The summed E-state index contributed by atoms with van der Waals surface area (Å²) in [6.07, 6.45) is 0.909. The largest absolute Gasteiger partial charge is 0.394 e. The number of carbonyl (C=O) groups excluding carboxylic acids is 1. The van der Waals surface area contributed by atoms with Gasteiger partial charge in [-0.15, -0.1) is 0 Å². The van der Waals surface area contributed by atoms with Crippen LogP contribution in [0.25, 0.3) is 0 Å². The Balaban J connectivity index is 3.01. The summed E-state index contributed by atoms with van der Waals surface area (Å²) in [5.74, 6) is 3.63. The number of aliphatic hydroxyl groups excluding tert-OH is 1. The van der Waals surface area contributed by atoms with E-state index in [4.69, 9.17) is 11.0 Å². The zero-order chi connectivity index (χ0) is 17.0. The molecule has 0 saturated heterocycles. The van der Waals surface area contributed by atoms with Crippen molar-refractivity contribution in [3.05, 3.63) is 29.8 Å². The summed E-state index contributed by atoms with van der Waals surface area (Å²) in [6, 6.07) is 4.93. The molecule has 1 unspecified atom stereocenters. The fraction of sp³-hybridized carbons (Fsp3) is 0.500. The molecule has 8 heteroatoms. The van der Waals surface area contributed by atoms with Gasteiger partial charge < -0.3 is 9.94 Å². The molecule has 0 spiro atoms. The zero-order valence-corrected chi connectivity index (χ0v) is 13.7. The van der Waals surface area contributed by atoms with Gasteiger partial charge in [-0.1, -0.05) is 32.9 Å². The van der Waals surface area contributed by atoms with Gasteiger partial charge in [-0.3, -0.25) is 0 Å². The number of benzene rings is 1. The molecule has 0 aliphatic heterocycles. The van der Waals surface area contributed by atoms with Crippen molar-refractivity contribution in [1.29, 1.82) is 0 Å². The highest BCUT2D eigenvalue weighted by Crippen LogP contribution is 2.27. The Hall–Kier alpha value is -1.48. The lowest BCUT2D eigenvalue weighted by molar-refractivity contribution is -0.147. The molecular formula is C14H22N2O5S. The summed E-state index contributed by atoms with van der Waals surface area (Å²) in [5, 5.41) is 9.04. The van der Waals surface area contributed by atoms with E-state index in [-0.39, 0.29) is 10.3 Å². The zero-order valence-electron chi connectivity index (χ0n) is 12.9. The molecule has 0 radical (unpaired) electrons. The van der Waals surface area contributed by atoms with Crippen molar-refractivity contribution >= 4 is 16.0 Å². The summed E-state index contributed by atoms with van der Waals surface area (Å²) in [5.41, 5.74) is 0.946. The lowest BCUT2D eigenvalue weighted by Gasteiger charge is -2.23. The summed E-state index contributed by atoms with van der Waals surface area (Å²) >= 11 is 0. The van der Waals surface area contributed by atoms with Crippen LogP contribution in [-0.2, 0) is 25.1 Å². The van der Waals surface area contributed by atoms with Gasteiger partial charge in [-0.25, -0.2) is 13.2 Å². The van der Waals surface area contributed by atoms with E-state index in [0.29, 0.717) is 0 Å². The van der Waals surface area contributed by atoms with Gasteiger partial charge in [0.1, 0.15) is 6.04 Å². The Kier molecular flexibility index (Phi) is 6.07. The molecule has 0 aromatic heterocycles. The van der Waals surface area contributed by atoms with E-state index >= 15 is 0 Å². The van der Waals surface area contributed by atoms with Crippen LogP contribution >= 0.6 is 0 Å². The molecule has 0 fully saturated rings. The van der Waals surface area contributed by atoms with Gasteiger partial charge in [-0.2, -0.15) is 10.6 Å². The van der Waals surface area contributed by atoms with Crippen molar-refractivity contribution in [2.75, 3.05) is 6.61 Å². The molecule has 1 rings (SSSR count). The maximum absolute atomic E-state index is 12.2. The van der Waals surface area contributed by atoms with Gasteiger partial charge in [0.15, 0.2) is 0 Å². The van der Waals surface area contributed by atoms with Crippen LogP contribution in [0.1, 0.15) is 32.8 Å². The molecule has 1 aromatic carbocycles. The second-order valence-electron chi connectivity index (χ2n) is 5.56. The Bertz CT molecular complexity index is 611. The molecule has 0 aliphatic rings.